The normalized spacial score (nSPS) is 19.7. The van der Waals surface area contributed by atoms with Gasteiger partial charge in [-0.05, 0) is 57.4 Å². The van der Waals surface area contributed by atoms with Crippen LogP contribution in [0.25, 0.3) is 0 Å². The standard InChI is InChI=1S/C17H26N2O2/c1-4-17(2,3)19-10-6-9-15(19)16(21)18-14-8-5-7-13(11-14)12-20/h5,7-8,11,15,20H,4,6,9-10,12H2,1-3H3,(H,18,21). The summed E-state index contributed by atoms with van der Waals surface area (Å²) in [5, 5.41) is 12.2. The van der Waals surface area contributed by atoms with Gasteiger partial charge in [0.1, 0.15) is 0 Å². The number of likely N-dealkylation sites (tertiary alicyclic amines) is 1. The van der Waals surface area contributed by atoms with E-state index in [0.717, 1.165) is 37.1 Å². The van der Waals surface area contributed by atoms with E-state index >= 15 is 0 Å². The molecule has 0 radical (unpaired) electrons. The van der Waals surface area contributed by atoms with Gasteiger partial charge < -0.3 is 10.4 Å². The van der Waals surface area contributed by atoms with E-state index in [1.165, 1.54) is 0 Å². The zero-order valence-electron chi connectivity index (χ0n) is 13.2. The summed E-state index contributed by atoms with van der Waals surface area (Å²) >= 11 is 0. The first-order valence-electron chi connectivity index (χ1n) is 7.75. The van der Waals surface area contributed by atoms with Crippen molar-refractivity contribution in [1.82, 2.24) is 4.90 Å². The average molecular weight is 290 g/mol. The number of rotatable bonds is 5. The second kappa shape index (κ2) is 6.58. The van der Waals surface area contributed by atoms with Gasteiger partial charge in [0, 0.05) is 11.2 Å². The van der Waals surface area contributed by atoms with Gasteiger partial charge >= 0.3 is 0 Å². The molecule has 0 saturated carbocycles. The molecular weight excluding hydrogens is 264 g/mol. The Hall–Kier alpha value is -1.39. The molecule has 1 aliphatic rings. The minimum absolute atomic E-state index is 0.0118. The summed E-state index contributed by atoms with van der Waals surface area (Å²) in [4.78, 5) is 14.9. The van der Waals surface area contributed by atoms with Crippen LogP contribution in [0.4, 0.5) is 5.69 Å². The van der Waals surface area contributed by atoms with E-state index in [4.69, 9.17) is 5.11 Å². The van der Waals surface area contributed by atoms with E-state index in [1.807, 2.05) is 24.3 Å². The van der Waals surface area contributed by atoms with Crippen LogP contribution >= 0.6 is 0 Å². The van der Waals surface area contributed by atoms with Crippen molar-refractivity contribution in [3.8, 4) is 0 Å². The van der Waals surface area contributed by atoms with E-state index < -0.39 is 0 Å². The van der Waals surface area contributed by atoms with Gasteiger partial charge in [0.25, 0.3) is 0 Å². The molecule has 0 spiro atoms. The number of anilines is 1. The number of carbonyl (C=O) groups excluding carboxylic acids is 1. The lowest BCUT2D eigenvalue weighted by Gasteiger charge is -2.38. The lowest BCUT2D eigenvalue weighted by molar-refractivity contribution is -0.122. The molecule has 1 unspecified atom stereocenters. The Bertz CT molecular complexity index is 499. The molecule has 4 heteroatoms. The van der Waals surface area contributed by atoms with Crippen LogP contribution in [0.2, 0.25) is 0 Å². The number of benzene rings is 1. The number of nitrogens with zero attached hydrogens (tertiary/aromatic N) is 1. The monoisotopic (exact) mass is 290 g/mol. The molecule has 21 heavy (non-hydrogen) atoms. The van der Waals surface area contributed by atoms with E-state index in [2.05, 4.69) is 31.0 Å². The number of amides is 1. The van der Waals surface area contributed by atoms with Gasteiger partial charge in [0.2, 0.25) is 5.91 Å². The summed E-state index contributed by atoms with van der Waals surface area (Å²) < 4.78 is 0. The number of hydrogen-bond donors (Lipinski definition) is 2. The Balaban J connectivity index is 2.08. The molecule has 0 aromatic heterocycles. The van der Waals surface area contributed by atoms with Crippen molar-refractivity contribution >= 4 is 11.6 Å². The van der Waals surface area contributed by atoms with Crippen molar-refractivity contribution in [2.45, 2.75) is 58.2 Å². The van der Waals surface area contributed by atoms with E-state index in [9.17, 15) is 4.79 Å². The third-order valence-electron chi connectivity index (χ3n) is 4.58. The first-order chi connectivity index (χ1) is 9.97. The third kappa shape index (κ3) is 3.63. The maximum Gasteiger partial charge on any atom is 0.241 e. The minimum Gasteiger partial charge on any atom is -0.392 e. The van der Waals surface area contributed by atoms with Crippen LogP contribution in [0.3, 0.4) is 0 Å². The van der Waals surface area contributed by atoms with Gasteiger partial charge in [-0.15, -0.1) is 0 Å². The molecule has 1 amide bonds. The maximum absolute atomic E-state index is 12.6. The highest BCUT2D eigenvalue weighted by Gasteiger charge is 2.38. The molecule has 2 rings (SSSR count). The largest absolute Gasteiger partial charge is 0.392 e. The number of hydrogen-bond acceptors (Lipinski definition) is 3. The number of aliphatic hydroxyl groups excluding tert-OH is 1. The lowest BCUT2D eigenvalue weighted by Crippen LogP contribution is -2.50. The Morgan fingerprint density at radius 1 is 1.48 bits per heavy atom. The SMILES string of the molecule is CCC(C)(C)N1CCCC1C(=O)Nc1cccc(CO)c1. The lowest BCUT2D eigenvalue weighted by atomic mass is 9.98. The fourth-order valence-electron chi connectivity index (χ4n) is 2.94. The fourth-order valence-corrected chi connectivity index (χ4v) is 2.94. The topological polar surface area (TPSA) is 52.6 Å². The molecule has 1 atom stereocenters. The zero-order valence-corrected chi connectivity index (χ0v) is 13.2. The molecule has 1 aromatic rings. The first-order valence-corrected chi connectivity index (χ1v) is 7.75. The summed E-state index contributed by atoms with van der Waals surface area (Å²) in [6.07, 6.45) is 3.00. The molecule has 1 aromatic carbocycles. The quantitative estimate of drug-likeness (QED) is 0.876. The number of aliphatic hydroxyl groups is 1. The summed E-state index contributed by atoms with van der Waals surface area (Å²) in [7, 11) is 0. The highest BCUT2D eigenvalue weighted by Crippen LogP contribution is 2.29. The zero-order chi connectivity index (χ0) is 15.5. The summed E-state index contributed by atoms with van der Waals surface area (Å²) in [5.74, 6) is 0.0594. The average Bonchev–Trinajstić information content (AvgIpc) is 2.98. The van der Waals surface area contributed by atoms with Crippen molar-refractivity contribution in [3.63, 3.8) is 0 Å². The Kier molecular flexibility index (Phi) is 5.01. The van der Waals surface area contributed by atoms with Gasteiger partial charge in [-0.1, -0.05) is 19.1 Å². The highest BCUT2D eigenvalue weighted by molar-refractivity contribution is 5.95. The molecular formula is C17H26N2O2. The van der Waals surface area contributed by atoms with Crippen molar-refractivity contribution in [3.05, 3.63) is 29.8 Å². The van der Waals surface area contributed by atoms with Crippen LogP contribution in [0, 0.1) is 0 Å². The smallest absolute Gasteiger partial charge is 0.241 e. The van der Waals surface area contributed by atoms with E-state index in [0.29, 0.717) is 0 Å². The van der Waals surface area contributed by atoms with Gasteiger partial charge in [-0.25, -0.2) is 0 Å². The molecule has 2 N–H and O–H groups in total. The predicted octanol–water partition coefficient (Wildman–Crippen LogP) is 2.77. The molecule has 116 valence electrons. The van der Waals surface area contributed by atoms with Gasteiger partial charge in [0.15, 0.2) is 0 Å². The van der Waals surface area contributed by atoms with E-state index in [1.54, 1.807) is 0 Å². The molecule has 1 aliphatic heterocycles. The van der Waals surface area contributed by atoms with Crippen molar-refractivity contribution in [1.29, 1.82) is 0 Å². The van der Waals surface area contributed by atoms with Crippen LogP contribution in [0.1, 0.15) is 45.6 Å². The van der Waals surface area contributed by atoms with Gasteiger partial charge in [-0.2, -0.15) is 0 Å². The Morgan fingerprint density at radius 3 is 2.90 bits per heavy atom. The van der Waals surface area contributed by atoms with Gasteiger partial charge in [-0.3, -0.25) is 9.69 Å². The third-order valence-corrected chi connectivity index (χ3v) is 4.58. The molecule has 1 fully saturated rings. The van der Waals surface area contributed by atoms with Crippen LogP contribution < -0.4 is 5.32 Å². The highest BCUT2D eigenvalue weighted by atomic mass is 16.3. The van der Waals surface area contributed by atoms with E-state index in [-0.39, 0.29) is 24.1 Å². The number of nitrogens with one attached hydrogen (secondary N) is 1. The minimum atomic E-state index is -0.0577. The first kappa shape index (κ1) is 16.0. The Morgan fingerprint density at radius 2 is 2.24 bits per heavy atom. The fraction of sp³-hybridized carbons (Fsp3) is 0.588. The molecule has 1 saturated heterocycles. The van der Waals surface area contributed by atoms with Crippen LogP contribution in [-0.2, 0) is 11.4 Å². The predicted molar refractivity (Wildman–Crippen MR) is 85.1 cm³/mol. The van der Waals surface area contributed by atoms with Crippen LogP contribution in [-0.4, -0.2) is 34.0 Å². The Labute approximate surface area is 127 Å². The van der Waals surface area contributed by atoms with Crippen molar-refractivity contribution in [2.24, 2.45) is 0 Å². The summed E-state index contributed by atoms with van der Waals surface area (Å²) in [6, 6.07) is 7.32. The molecule has 0 bridgehead atoms. The molecule has 1 heterocycles. The second-order valence-electron chi connectivity index (χ2n) is 6.37. The summed E-state index contributed by atoms with van der Waals surface area (Å²) in [5.41, 5.74) is 1.61. The van der Waals surface area contributed by atoms with Crippen LogP contribution in [0.5, 0.6) is 0 Å². The van der Waals surface area contributed by atoms with Crippen molar-refractivity contribution in [2.75, 3.05) is 11.9 Å². The summed E-state index contributed by atoms with van der Waals surface area (Å²) in [6.45, 7) is 7.53. The number of carbonyl (C=O) groups is 1. The molecule has 0 aliphatic carbocycles. The maximum atomic E-state index is 12.6. The van der Waals surface area contributed by atoms with Crippen LogP contribution in [0.15, 0.2) is 24.3 Å². The second-order valence-corrected chi connectivity index (χ2v) is 6.37. The van der Waals surface area contributed by atoms with Crippen molar-refractivity contribution < 1.29 is 9.90 Å². The van der Waals surface area contributed by atoms with Gasteiger partial charge in [0.05, 0.1) is 12.6 Å². The molecule has 4 nitrogen and oxygen atoms in total.